The molecule has 1 aromatic carbocycles. The molecule has 18 heavy (non-hydrogen) atoms. The van der Waals surface area contributed by atoms with Crippen LogP contribution in [0.3, 0.4) is 0 Å². The number of rotatable bonds is 2. The summed E-state index contributed by atoms with van der Waals surface area (Å²) in [5.41, 5.74) is 1.77. The van der Waals surface area contributed by atoms with Gasteiger partial charge < -0.3 is 9.80 Å². The first-order chi connectivity index (χ1) is 8.70. The minimum absolute atomic E-state index is 0.256. The molecule has 1 aromatic rings. The zero-order chi connectivity index (χ0) is 13.0. The van der Waals surface area contributed by atoms with E-state index >= 15 is 0 Å². The summed E-state index contributed by atoms with van der Waals surface area (Å²) in [7, 11) is 2.09. The van der Waals surface area contributed by atoms with Crippen LogP contribution >= 0.6 is 0 Å². The molecule has 94 valence electrons. The fraction of sp³-hybridized carbons (Fsp3) is 0.357. The van der Waals surface area contributed by atoms with E-state index in [0.717, 1.165) is 37.4 Å². The SMILES string of the molecule is CN1CCN(/C(=C\C#N)c2ccc(F)cc2)CC1. The summed E-state index contributed by atoms with van der Waals surface area (Å²) in [6, 6.07) is 8.37. The predicted molar refractivity (Wildman–Crippen MR) is 69.1 cm³/mol. The molecule has 2 rings (SSSR count). The van der Waals surface area contributed by atoms with E-state index in [1.54, 1.807) is 18.2 Å². The third-order valence-electron chi connectivity index (χ3n) is 3.19. The van der Waals surface area contributed by atoms with Crippen molar-refractivity contribution in [2.45, 2.75) is 0 Å². The molecule has 0 amide bonds. The van der Waals surface area contributed by atoms with Crippen molar-refractivity contribution in [1.82, 2.24) is 9.80 Å². The highest BCUT2D eigenvalue weighted by atomic mass is 19.1. The average molecular weight is 245 g/mol. The van der Waals surface area contributed by atoms with Crippen molar-refractivity contribution in [3.8, 4) is 6.07 Å². The van der Waals surface area contributed by atoms with Crippen LogP contribution in [0.1, 0.15) is 5.56 Å². The second kappa shape index (κ2) is 5.65. The van der Waals surface area contributed by atoms with Gasteiger partial charge in [-0.1, -0.05) is 0 Å². The Labute approximate surface area is 107 Å². The maximum Gasteiger partial charge on any atom is 0.123 e. The molecule has 0 spiro atoms. The number of benzene rings is 1. The number of piperazine rings is 1. The average Bonchev–Trinajstić information content (AvgIpc) is 2.39. The Morgan fingerprint density at radius 3 is 2.39 bits per heavy atom. The first kappa shape index (κ1) is 12.6. The molecule has 3 nitrogen and oxygen atoms in total. The summed E-state index contributed by atoms with van der Waals surface area (Å²) in [5.74, 6) is -0.256. The van der Waals surface area contributed by atoms with E-state index in [0.29, 0.717) is 0 Å². The molecule has 0 radical (unpaired) electrons. The van der Waals surface area contributed by atoms with E-state index in [2.05, 4.69) is 22.9 Å². The lowest BCUT2D eigenvalue weighted by Crippen LogP contribution is -2.43. The van der Waals surface area contributed by atoms with Crippen molar-refractivity contribution in [2.75, 3.05) is 33.2 Å². The first-order valence-electron chi connectivity index (χ1n) is 6.00. The largest absolute Gasteiger partial charge is 0.368 e. The molecule has 0 atom stereocenters. The molecule has 1 aliphatic heterocycles. The van der Waals surface area contributed by atoms with Crippen molar-refractivity contribution in [2.24, 2.45) is 0 Å². The third kappa shape index (κ3) is 2.88. The lowest BCUT2D eigenvalue weighted by atomic mass is 10.1. The highest BCUT2D eigenvalue weighted by Gasteiger charge is 2.17. The molecule has 0 saturated carbocycles. The van der Waals surface area contributed by atoms with Gasteiger partial charge in [0.15, 0.2) is 0 Å². The standard InChI is InChI=1S/C14H16FN3/c1-17-8-10-18(11-9-17)14(6-7-16)12-2-4-13(15)5-3-12/h2-6H,8-11H2,1H3/b14-6-. The molecule has 0 N–H and O–H groups in total. The lowest BCUT2D eigenvalue weighted by Gasteiger charge is -2.35. The van der Waals surface area contributed by atoms with E-state index in [4.69, 9.17) is 5.26 Å². The summed E-state index contributed by atoms with van der Waals surface area (Å²) in [5, 5.41) is 8.90. The molecule has 1 fully saturated rings. The van der Waals surface area contributed by atoms with Crippen LogP contribution in [-0.4, -0.2) is 43.0 Å². The molecular formula is C14H16FN3. The molecule has 4 heteroatoms. The maximum absolute atomic E-state index is 12.9. The van der Waals surface area contributed by atoms with Crippen molar-refractivity contribution in [1.29, 1.82) is 5.26 Å². The zero-order valence-corrected chi connectivity index (χ0v) is 10.4. The number of hydrogen-bond acceptors (Lipinski definition) is 3. The molecule has 0 aliphatic carbocycles. The van der Waals surface area contributed by atoms with Gasteiger partial charge >= 0.3 is 0 Å². The highest BCUT2D eigenvalue weighted by molar-refractivity contribution is 5.66. The summed E-state index contributed by atoms with van der Waals surface area (Å²) in [4.78, 5) is 4.43. The van der Waals surface area contributed by atoms with Crippen LogP contribution in [-0.2, 0) is 0 Å². The van der Waals surface area contributed by atoms with Gasteiger partial charge in [0.1, 0.15) is 5.82 Å². The second-order valence-electron chi connectivity index (χ2n) is 4.46. The van der Waals surface area contributed by atoms with Crippen LogP contribution in [0.25, 0.3) is 5.70 Å². The van der Waals surface area contributed by atoms with Crippen LogP contribution in [0.15, 0.2) is 30.3 Å². The van der Waals surface area contributed by atoms with Gasteiger partial charge in [-0.05, 0) is 36.9 Å². The number of hydrogen-bond donors (Lipinski definition) is 0. The Morgan fingerprint density at radius 2 is 1.83 bits per heavy atom. The zero-order valence-electron chi connectivity index (χ0n) is 10.4. The Balaban J connectivity index is 2.22. The van der Waals surface area contributed by atoms with E-state index in [-0.39, 0.29) is 5.82 Å². The molecule has 1 saturated heterocycles. The third-order valence-corrected chi connectivity index (χ3v) is 3.19. The Bertz CT molecular complexity index is 465. The quantitative estimate of drug-likeness (QED) is 0.746. The van der Waals surface area contributed by atoms with E-state index < -0.39 is 0 Å². The van der Waals surface area contributed by atoms with Gasteiger partial charge in [0.2, 0.25) is 0 Å². The van der Waals surface area contributed by atoms with Gasteiger partial charge in [-0.2, -0.15) is 5.26 Å². The van der Waals surface area contributed by atoms with Gasteiger partial charge in [-0.15, -0.1) is 0 Å². The van der Waals surface area contributed by atoms with Crippen molar-refractivity contribution < 1.29 is 4.39 Å². The summed E-state index contributed by atoms with van der Waals surface area (Å²) >= 11 is 0. The smallest absolute Gasteiger partial charge is 0.123 e. The van der Waals surface area contributed by atoms with E-state index in [1.165, 1.54) is 12.1 Å². The predicted octanol–water partition coefficient (Wildman–Crippen LogP) is 1.94. The van der Waals surface area contributed by atoms with Crippen LogP contribution in [0.2, 0.25) is 0 Å². The van der Waals surface area contributed by atoms with E-state index in [1.807, 2.05) is 0 Å². The van der Waals surface area contributed by atoms with Crippen molar-refractivity contribution >= 4 is 5.70 Å². The Kier molecular flexibility index (Phi) is 3.96. The van der Waals surface area contributed by atoms with Crippen LogP contribution < -0.4 is 0 Å². The van der Waals surface area contributed by atoms with Gasteiger partial charge in [0.05, 0.1) is 11.8 Å². The maximum atomic E-state index is 12.9. The van der Waals surface area contributed by atoms with Crippen LogP contribution in [0.4, 0.5) is 4.39 Å². The number of likely N-dealkylation sites (N-methyl/N-ethyl adjacent to an activating group) is 1. The fourth-order valence-electron chi connectivity index (χ4n) is 2.09. The number of nitrogens with zero attached hydrogens (tertiary/aromatic N) is 3. The molecule has 0 aromatic heterocycles. The van der Waals surface area contributed by atoms with Crippen LogP contribution in [0.5, 0.6) is 0 Å². The van der Waals surface area contributed by atoms with Crippen molar-refractivity contribution in [3.05, 3.63) is 41.7 Å². The summed E-state index contributed by atoms with van der Waals surface area (Å²) in [6.07, 6.45) is 1.54. The summed E-state index contributed by atoms with van der Waals surface area (Å²) < 4.78 is 12.9. The highest BCUT2D eigenvalue weighted by Crippen LogP contribution is 2.20. The Hall–Kier alpha value is -1.86. The normalized spacial score (nSPS) is 17.6. The van der Waals surface area contributed by atoms with E-state index in [9.17, 15) is 4.39 Å². The topological polar surface area (TPSA) is 30.3 Å². The summed E-state index contributed by atoms with van der Waals surface area (Å²) in [6.45, 7) is 3.73. The fourth-order valence-corrected chi connectivity index (χ4v) is 2.09. The lowest BCUT2D eigenvalue weighted by molar-refractivity contribution is 0.207. The van der Waals surface area contributed by atoms with Gasteiger partial charge in [0.25, 0.3) is 0 Å². The van der Waals surface area contributed by atoms with Crippen LogP contribution in [0, 0.1) is 17.1 Å². The number of halogens is 1. The van der Waals surface area contributed by atoms with Gasteiger partial charge in [-0.3, -0.25) is 0 Å². The molecule has 1 heterocycles. The minimum Gasteiger partial charge on any atom is -0.368 e. The number of allylic oxidation sites excluding steroid dienone is 1. The molecular weight excluding hydrogens is 229 g/mol. The molecule has 1 aliphatic rings. The molecule has 0 bridgehead atoms. The van der Waals surface area contributed by atoms with Gasteiger partial charge in [0, 0.05) is 32.3 Å². The monoisotopic (exact) mass is 245 g/mol. The number of nitriles is 1. The first-order valence-corrected chi connectivity index (χ1v) is 6.00. The van der Waals surface area contributed by atoms with Crippen molar-refractivity contribution in [3.63, 3.8) is 0 Å². The Morgan fingerprint density at radius 1 is 1.22 bits per heavy atom. The van der Waals surface area contributed by atoms with Gasteiger partial charge in [-0.25, -0.2) is 4.39 Å². The minimum atomic E-state index is -0.256. The molecule has 0 unspecified atom stereocenters. The second-order valence-corrected chi connectivity index (χ2v) is 4.46.